The van der Waals surface area contributed by atoms with E-state index in [2.05, 4.69) is 15.0 Å². The van der Waals surface area contributed by atoms with Gasteiger partial charge in [0, 0.05) is 18.5 Å². The Labute approximate surface area is 138 Å². The first kappa shape index (κ1) is 16.0. The normalized spacial score (nSPS) is 11.4. The standard InChI is InChI=1S/C16H15N3O4S/c1-12-2-4-15(5-3-12)24(21,22)19-8-6-13(11-19)16(20)17-10-14-7-9-23-18-14/h2-9,11H,10H2,1H3,(H,17,20). The topological polar surface area (TPSA) is 94.2 Å². The lowest BCUT2D eigenvalue weighted by molar-refractivity contribution is 0.0950. The van der Waals surface area contributed by atoms with Gasteiger partial charge in [-0.2, -0.15) is 0 Å². The van der Waals surface area contributed by atoms with Crippen LogP contribution in [0.4, 0.5) is 0 Å². The summed E-state index contributed by atoms with van der Waals surface area (Å²) in [5.41, 5.74) is 1.79. The van der Waals surface area contributed by atoms with Crippen molar-refractivity contribution in [2.45, 2.75) is 18.4 Å². The van der Waals surface area contributed by atoms with Gasteiger partial charge in [0.05, 0.1) is 17.0 Å². The van der Waals surface area contributed by atoms with Crippen molar-refractivity contribution in [3.05, 3.63) is 71.9 Å². The molecule has 24 heavy (non-hydrogen) atoms. The number of carbonyl (C=O) groups excluding carboxylic acids is 1. The second kappa shape index (κ2) is 6.32. The highest BCUT2D eigenvalue weighted by molar-refractivity contribution is 7.90. The van der Waals surface area contributed by atoms with Gasteiger partial charge >= 0.3 is 0 Å². The molecule has 0 bridgehead atoms. The maximum absolute atomic E-state index is 12.5. The van der Waals surface area contributed by atoms with E-state index >= 15 is 0 Å². The number of hydrogen-bond donors (Lipinski definition) is 1. The van der Waals surface area contributed by atoms with Crippen LogP contribution in [0.1, 0.15) is 21.6 Å². The van der Waals surface area contributed by atoms with Crippen LogP contribution in [0.25, 0.3) is 0 Å². The Hall–Kier alpha value is -2.87. The number of aryl methyl sites for hydroxylation is 1. The molecule has 0 aliphatic rings. The van der Waals surface area contributed by atoms with Crippen LogP contribution < -0.4 is 5.32 Å². The number of amides is 1. The number of aromatic nitrogens is 2. The zero-order chi connectivity index (χ0) is 17.2. The summed E-state index contributed by atoms with van der Waals surface area (Å²) in [6.07, 6.45) is 4.04. The van der Waals surface area contributed by atoms with E-state index in [1.165, 1.54) is 36.9 Å². The van der Waals surface area contributed by atoms with Crippen molar-refractivity contribution < 1.29 is 17.7 Å². The second-order valence-corrected chi connectivity index (χ2v) is 7.06. The van der Waals surface area contributed by atoms with Crippen molar-refractivity contribution in [2.75, 3.05) is 0 Å². The van der Waals surface area contributed by atoms with Crippen LogP contribution in [0.15, 0.2) is 64.5 Å². The zero-order valence-electron chi connectivity index (χ0n) is 12.8. The predicted octanol–water partition coefficient (Wildman–Crippen LogP) is 1.95. The molecule has 1 amide bonds. The van der Waals surface area contributed by atoms with Crippen molar-refractivity contribution in [2.24, 2.45) is 0 Å². The van der Waals surface area contributed by atoms with Crippen LogP contribution in [0.2, 0.25) is 0 Å². The van der Waals surface area contributed by atoms with E-state index in [1.807, 2.05) is 6.92 Å². The van der Waals surface area contributed by atoms with E-state index in [-0.39, 0.29) is 17.0 Å². The van der Waals surface area contributed by atoms with E-state index in [0.29, 0.717) is 5.69 Å². The summed E-state index contributed by atoms with van der Waals surface area (Å²) in [5, 5.41) is 6.33. The highest BCUT2D eigenvalue weighted by Gasteiger charge is 2.18. The van der Waals surface area contributed by atoms with Crippen molar-refractivity contribution in [3.8, 4) is 0 Å². The fourth-order valence-corrected chi connectivity index (χ4v) is 3.29. The van der Waals surface area contributed by atoms with Gasteiger partial charge < -0.3 is 9.84 Å². The minimum atomic E-state index is -3.72. The van der Waals surface area contributed by atoms with Gasteiger partial charge in [0.2, 0.25) is 0 Å². The predicted molar refractivity (Wildman–Crippen MR) is 85.9 cm³/mol. The molecule has 2 aromatic heterocycles. The van der Waals surface area contributed by atoms with Gasteiger partial charge in [-0.15, -0.1) is 0 Å². The second-order valence-electron chi connectivity index (χ2n) is 5.22. The Kier molecular flexibility index (Phi) is 4.22. The number of hydrogen-bond acceptors (Lipinski definition) is 5. The molecule has 0 radical (unpaired) electrons. The largest absolute Gasteiger partial charge is 0.364 e. The molecule has 1 N–H and O–H groups in total. The van der Waals surface area contributed by atoms with Gasteiger partial charge in [0.15, 0.2) is 0 Å². The third-order valence-electron chi connectivity index (χ3n) is 3.45. The number of benzene rings is 1. The van der Waals surface area contributed by atoms with Crippen LogP contribution in [0.5, 0.6) is 0 Å². The van der Waals surface area contributed by atoms with E-state index in [0.717, 1.165) is 9.54 Å². The number of nitrogens with one attached hydrogen (secondary N) is 1. The monoisotopic (exact) mass is 345 g/mol. The van der Waals surface area contributed by atoms with E-state index in [9.17, 15) is 13.2 Å². The van der Waals surface area contributed by atoms with Gasteiger partial charge in [-0.05, 0) is 25.1 Å². The van der Waals surface area contributed by atoms with Crippen LogP contribution in [0.3, 0.4) is 0 Å². The molecule has 0 unspecified atom stereocenters. The molecule has 0 spiro atoms. The maximum atomic E-state index is 12.5. The number of carbonyl (C=O) groups is 1. The first-order chi connectivity index (χ1) is 11.5. The smallest absolute Gasteiger partial charge is 0.267 e. The van der Waals surface area contributed by atoms with Gasteiger partial charge in [0.25, 0.3) is 15.9 Å². The molecule has 1 aromatic carbocycles. The van der Waals surface area contributed by atoms with E-state index in [1.54, 1.807) is 18.2 Å². The highest BCUT2D eigenvalue weighted by atomic mass is 32.2. The Bertz CT molecular complexity index is 942. The lowest BCUT2D eigenvalue weighted by Crippen LogP contribution is -2.22. The minimum absolute atomic E-state index is 0.165. The molecule has 3 rings (SSSR count). The summed E-state index contributed by atoms with van der Waals surface area (Å²) >= 11 is 0. The molecular formula is C16H15N3O4S. The van der Waals surface area contributed by atoms with Gasteiger partial charge in [-0.25, -0.2) is 12.4 Å². The first-order valence-electron chi connectivity index (χ1n) is 7.14. The number of rotatable bonds is 5. The van der Waals surface area contributed by atoms with Crippen LogP contribution in [-0.2, 0) is 16.6 Å². The third-order valence-corrected chi connectivity index (χ3v) is 5.10. The molecule has 124 valence electrons. The molecule has 0 aliphatic heterocycles. The van der Waals surface area contributed by atoms with Gasteiger partial charge in [-0.3, -0.25) is 4.79 Å². The van der Waals surface area contributed by atoms with Crippen LogP contribution in [-0.4, -0.2) is 23.5 Å². The van der Waals surface area contributed by atoms with Gasteiger partial charge in [0.1, 0.15) is 12.0 Å². The average Bonchev–Trinajstić information content (AvgIpc) is 3.25. The first-order valence-corrected chi connectivity index (χ1v) is 8.58. The van der Waals surface area contributed by atoms with Crippen LogP contribution >= 0.6 is 0 Å². The summed E-state index contributed by atoms with van der Waals surface area (Å²) in [7, 11) is -3.72. The molecule has 8 heteroatoms. The fraction of sp³-hybridized carbons (Fsp3) is 0.125. The van der Waals surface area contributed by atoms with Crippen molar-refractivity contribution in [1.29, 1.82) is 0 Å². The Morgan fingerprint density at radius 3 is 2.62 bits per heavy atom. The van der Waals surface area contributed by atoms with E-state index in [4.69, 9.17) is 0 Å². The Balaban J connectivity index is 1.77. The quantitative estimate of drug-likeness (QED) is 0.763. The Morgan fingerprint density at radius 1 is 1.21 bits per heavy atom. The lowest BCUT2D eigenvalue weighted by Gasteiger charge is -2.06. The average molecular weight is 345 g/mol. The maximum Gasteiger partial charge on any atom is 0.267 e. The van der Waals surface area contributed by atoms with Gasteiger partial charge in [-0.1, -0.05) is 22.9 Å². The molecule has 0 aliphatic carbocycles. The highest BCUT2D eigenvalue weighted by Crippen LogP contribution is 2.16. The minimum Gasteiger partial charge on any atom is -0.364 e. The summed E-state index contributed by atoms with van der Waals surface area (Å²) in [6.45, 7) is 2.08. The Morgan fingerprint density at radius 2 is 1.96 bits per heavy atom. The molecule has 0 saturated heterocycles. The summed E-state index contributed by atoms with van der Waals surface area (Å²) < 4.78 is 30.8. The zero-order valence-corrected chi connectivity index (χ0v) is 13.7. The van der Waals surface area contributed by atoms with Crippen molar-refractivity contribution in [3.63, 3.8) is 0 Å². The number of nitrogens with zero attached hydrogens (tertiary/aromatic N) is 2. The summed E-state index contributed by atoms with van der Waals surface area (Å²) in [4.78, 5) is 12.2. The molecule has 0 saturated carbocycles. The molecule has 0 fully saturated rings. The van der Waals surface area contributed by atoms with Crippen molar-refractivity contribution in [1.82, 2.24) is 14.4 Å². The molecule has 7 nitrogen and oxygen atoms in total. The van der Waals surface area contributed by atoms with Crippen molar-refractivity contribution >= 4 is 15.9 Å². The molecular weight excluding hydrogens is 330 g/mol. The summed E-state index contributed by atoms with van der Waals surface area (Å²) in [6, 6.07) is 9.60. The van der Waals surface area contributed by atoms with E-state index < -0.39 is 15.9 Å². The summed E-state index contributed by atoms with van der Waals surface area (Å²) in [5.74, 6) is -0.393. The van der Waals surface area contributed by atoms with Crippen LogP contribution in [0, 0.1) is 6.92 Å². The molecule has 3 aromatic rings. The third kappa shape index (κ3) is 3.23. The molecule has 0 atom stereocenters. The SMILES string of the molecule is Cc1ccc(S(=O)(=O)n2ccc(C(=O)NCc3ccon3)c2)cc1. The fourth-order valence-electron chi connectivity index (χ4n) is 2.09. The molecule has 2 heterocycles. The lowest BCUT2D eigenvalue weighted by atomic mass is 10.2.